The van der Waals surface area contributed by atoms with E-state index in [-0.39, 0.29) is 35.6 Å². The minimum Gasteiger partial charge on any atom is -0.464 e. The molecule has 0 aliphatic heterocycles. The molecule has 1 aromatic rings. The van der Waals surface area contributed by atoms with Crippen molar-refractivity contribution in [1.82, 2.24) is 10.3 Å². The Hall–Kier alpha value is -1.94. The van der Waals surface area contributed by atoms with Crippen molar-refractivity contribution >= 4 is 31.5 Å². The van der Waals surface area contributed by atoms with E-state index in [1.54, 1.807) is 5.38 Å². The quantitative estimate of drug-likeness (QED) is 0.0979. The Morgan fingerprint density at radius 1 is 1.21 bits per heavy atom. The van der Waals surface area contributed by atoms with Crippen LogP contribution in [0.15, 0.2) is 10.5 Å². The van der Waals surface area contributed by atoms with Crippen LogP contribution in [0.4, 0.5) is 0 Å². The molecular weight excluding hydrogens is 470 g/mol. The zero-order chi connectivity index (χ0) is 25.9. The molecule has 0 aromatic carbocycles. The van der Waals surface area contributed by atoms with Crippen LogP contribution in [0.2, 0.25) is 18.1 Å². The number of amides is 1. The highest BCUT2D eigenvalue weighted by Crippen LogP contribution is 2.35. The minimum absolute atomic E-state index is 0.0716. The van der Waals surface area contributed by atoms with Crippen LogP contribution in [-0.2, 0) is 14.0 Å². The molecule has 4 atom stereocenters. The monoisotopic (exact) mass is 511 g/mol. The fraction of sp³-hybridized carbons (Fsp3) is 0.783. The third-order valence-electron chi connectivity index (χ3n) is 6.75. The summed E-state index contributed by atoms with van der Waals surface area (Å²) in [5, 5.41) is 9.27. The number of ether oxygens (including phenoxy) is 1. The lowest BCUT2D eigenvalue weighted by atomic mass is 9.95. The van der Waals surface area contributed by atoms with Gasteiger partial charge in [0, 0.05) is 16.3 Å². The van der Waals surface area contributed by atoms with Crippen molar-refractivity contribution in [3.63, 3.8) is 0 Å². The molecule has 192 valence electrons. The van der Waals surface area contributed by atoms with E-state index < -0.39 is 20.3 Å². The lowest BCUT2D eigenvalue weighted by molar-refractivity contribution is -0.124. The molecule has 1 unspecified atom stereocenters. The van der Waals surface area contributed by atoms with Crippen LogP contribution in [0.1, 0.15) is 82.9 Å². The number of rotatable bonds is 15. The second-order valence-corrected chi connectivity index (χ2v) is 14.7. The van der Waals surface area contributed by atoms with Crippen LogP contribution < -0.4 is 5.32 Å². The van der Waals surface area contributed by atoms with Crippen LogP contribution in [0.5, 0.6) is 0 Å². The van der Waals surface area contributed by atoms with Crippen molar-refractivity contribution in [3.05, 3.63) is 26.5 Å². The van der Waals surface area contributed by atoms with E-state index in [1.165, 1.54) is 18.4 Å². The molecule has 0 spiro atoms. The van der Waals surface area contributed by atoms with Gasteiger partial charge in [-0.1, -0.05) is 60.0 Å². The molecule has 0 fully saturated rings. The number of carbonyl (C=O) groups is 2. The second kappa shape index (κ2) is 14.5. The zero-order valence-electron chi connectivity index (χ0n) is 21.8. The van der Waals surface area contributed by atoms with Crippen molar-refractivity contribution in [3.8, 4) is 0 Å². The topological polar surface area (TPSA) is 126 Å². The summed E-state index contributed by atoms with van der Waals surface area (Å²) in [5.41, 5.74) is 9.22. The summed E-state index contributed by atoms with van der Waals surface area (Å²) in [6, 6.07) is 1.92. The van der Waals surface area contributed by atoms with Gasteiger partial charge in [-0.05, 0) is 41.9 Å². The summed E-state index contributed by atoms with van der Waals surface area (Å²) in [7, 11) is -0.684. The van der Waals surface area contributed by atoms with E-state index in [4.69, 9.17) is 14.7 Å². The smallest absolute Gasteiger partial charge is 0.357 e. The maximum absolute atomic E-state index is 13.1. The van der Waals surface area contributed by atoms with Crippen molar-refractivity contribution < 1.29 is 18.8 Å². The molecule has 1 rings (SSSR count). The van der Waals surface area contributed by atoms with Gasteiger partial charge in [0.25, 0.3) is 0 Å². The lowest BCUT2D eigenvalue weighted by Gasteiger charge is -2.35. The predicted molar refractivity (Wildman–Crippen MR) is 138 cm³/mol. The second-order valence-electron chi connectivity index (χ2n) is 9.04. The van der Waals surface area contributed by atoms with Gasteiger partial charge < -0.3 is 14.5 Å². The van der Waals surface area contributed by atoms with E-state index in [9.17, 15) is 9.59 Å². The SMILES string of the molecule is CC[C@H](C)[C@H](N=[N+]=[N-])C(=O)N[C@H](CC(O[Si](CC)(CC)CC)c1nc(C(=O)OC)cs1)C(C)C. The molecule has 0 bridgehead atoms. The highest BCUT2D eigenvalue weighted by atomic mass is 32.1. The summed E-state index contributed by atoms with van der Waals surface area (Å²) >= 11 is 1.38. The Morgan fingerprint density at radius 3 is 2.29 bits per heavy atom. The number of thiazole rings is 1. The van der Waals surface area contributed by atoms with Crippen LogP contribution in [0.25, 0.3) is 10.4 Å². The van der Waals surface area contributed by atoms with Crippen molar-refractivity contribution in [2.45, 2.75) is 97.6 Å². The Labute approximate surface area is 208 Å². The maximum Gasteiger partial charge on any atom is 0.357 e. The number of methoxy groups -OCH3 is 1. The van der Waals surface area contributed by atoms with Gasteiger partial charge in [0.1, 0.15) is 11.0 Å². The van der Waals surface area contributed by atoms with Crippen LogP contribution >= 0.6 is 11.3 Å². The molecule has 0 saturated heterocycles. The Bertz CT molecular complexity index is 831. The number of nitrogens with one attached hydrogen (secondary N) is 1. The first-order valence-electron chi connectivity index (χ1n) is 12.2. The number of carbonyl (C=O) groups excluding carboxylic acids is 2. The van der Waals surface area contributed by atoms with Gasteiger partial charge in [0.15, 0.2) is 14.0 Å². The molecule has 1 heterocycles. The number of hydrogen-bond acceptors (Lipinski definition) is 7. The largest absolute Gasteiger partial charge is 0.464 e. The number of aromatic nitrogens is 1. The molecule has 0 saturated carbocycles. The normalized spacial score (nSPS) is 15.2. The van der Waals surface area contributed by atoms with Gasteiger partial charge in [-0.2, -0.15) is 0 Å². The predicted octanol–water partition coefficient (Wildman–Crippen LogP) is 6.25. The average Bonchev–Trinajstić information content (AvgIpc) is 3.33. The zero-order valence-corrected chi connectivity index (χ0v) is 23.6. The molecule has 0 radical (unpaired) electrons. The summed E-state index contributed by atoms with van der Waals surface area (Å²) < 4.78 is 11.7. The molecule has 1 N–H and O–H groups in total. The number of azide groups is 1. The first-order valence-corrected chi connectivity index (χ1v) is 15.6. The minimum atomic E-state index is -2.02. The Balaban J connectivity index is 3.30. The molecule has 0 aliphatic rings. The standard InChI is InChI=1S/C23H41N5O4SSi/c1-9-16(7)20(27-28-24)21(29)25-17(15(5)6)13-19(32-34(10-2,11-3)12-4)22-26-18(14-33-22)23(30)31-8/h14-17,19-20H,9-13H2,1-8H3,(H,25,29)/t16-,17+,19?,20-/m0/s1. The van der Waals surface area contributed by atoms with E-state index >= 15 is 0 Å². The van der Waals surface area contributed by atoms with Gasteiger partial charge in [0.05, 0.1) is 13.2 Å². The molecule has 0 aliphatic carbocycles. The molecule has 9 nitrogen and oxygen atoms in total. The van der Waals surface area contributed by atoms with Crippen molar-refractivity contribution in [1.29, 1.82) is 0 Å². The third-order valence-corrected chi connectivity index (χ3v) is 12.3. The number of esters is 1. The fourth-order valence-corrected chi connectivity index (χ4v) is 7.56. The van der Waals surface area contributed by atoms with E-state index in [2.05, 4.69) is 41.1 Å². The van der Waals surface area contributed by atoms with Crippen LogP contribution in [-0.4, -0.2) is 44.4 Å². The lowest BCUT2D eigenvalue weighted by Crippen LogP contribution is -2.47. The fourth-order valence-electron chi connectivity index (χ4n) is 3.83. The van der Waals surface area contributed by atoms with Gasteiger partial charge >= 0.3 is 5.97 Å². The van der Waals surface area contributed by atoms with Gasteiger partial charge in [-0.25, -0.2) is 9.78 Å². The van der Waals surface area contributed by atoms with E-state index in [0.717, 1.165) is 24.6 Å². The maximum atomic E-state index is 13.1. The molecule has 11 heteroatoms. The van der Waals surface area contributed by atoms with Gasteiger partial charge in [-0.15, -0.1) is 11.3 Å². The highest BCUT2D eigenvalue weighted by molar-refractivity contribution is 7.09. The van der Waals surface area contributed by atoms with Crippen molar-refractivity contribution in [2.75, 3.05) is 7.11 Å². The van der Waals surface area contributed by atoms with E-state index in [1.807, 2.05) is 27.7 Å². The number of nitrogens with zero attached hydrogens (tertiary/aromatic N) is 4. The van der Waals surface area contributed by atoms with Gasteiger partial charge in [-0.3, -0.25) is 4.79 Å². The molecular formula is C23H41N5O4SSi. The molecule has 34 heavy (non-hydrogen) atoms. The van der Waals surface area contributed by atoms with Crippen LogP contribution in [0, 0.1) is 11.8 Å². The van der Waals surface area contributed by atoms with Crippen molar-refractivity contribution in [2.24, 2.45) is 17.0 Å². The number of hydrogen-bond donors (Lipinski definition) is 1. The summed E-state index contributed by atoms with van der Waals surface area (Å²) in [4.78, 5) is 32.5. The average molecular weight is 512 g/mol. The summed E-state index contributed by atoms with van der Waals surface area (Å²) in [6.45, 7) is 14.4. The Kier molecular flexibility index (Phi) is 12.8. The first-order chi connectivity index (χ1) is 16.1. The molecule has 1 amide bonds. The van der Waals surface area contributed by atoms with Gasteiger partial charge in [0.2, 0.25) is 5.91 Å². The Morgan fingerprint density at radius 2 is 1.82 bits per heavy atom. The molecule has 1 aromatic heterocycles. The third kappa shape index (κ3) is 8.08. The summed E-state index contributed by atoms with van der Waals surface area (Å²) in [6.07, 6.45) is 0.877. The first kappa shape index (κ1) is 30.1. The van der Waals surface area contributed by atoms with E-state index in [0.29, 0.717) is 11.4 Å². The summed E-state index contributed by atoms with van der Waals surface area (Å²) in [5.74, 6) is -0.716. The van der Waals surface area contributed by atoms with Crippen LogP contribution in [0.3, 0.4) is 0 Å². The highest BCUT2D eigenvalue weighted by Gasteiger charge is 2.36.